The van der Waals surface area contributed by atoms with E-state index in [0.717, 1.165) is 54.7 Å². The SMILES string of the molecule is COc1ccc(C[C@H](NC(=O)c2ccc(COc3cccc([C@@H](NC(=O)O[C@H]4CN5CCC4CC5)c4ccccc4)c3)cc2)C(=O)OCCCCNC[C@H](O)c2ccc(O)c3[nH]c(=O)ccc23)cc1. The number of esters is 1. The number of piperidine rings is 3. The molecule has 1 aromatic heterocycles. The lowest BCUT2D eigenvalue weighted by Crippen LogP contribution is -2.52. The van der Waals surface area contributed by atoms with Gasteiger partial charge in [0.25, 0.3) is 5.91 Å². The van der Waals surface area contributed by atoms with Gasteiger partial charge in [0, 0.05) is 36.5 Å². The van der Waals surface area contributed by atoms with Crippen LogP contribution in [0.2, 0.25) is 0 Å². The molecule has 3 aliphatic heterocycles. The van der Waals surface area contributed by atoms with Crippen LogP contribution in [0.4, 0.5) is 4.79 Å². The van der Waals surface area contributed by atoms with E-state index in [1.54, 1.807) is 55.6 Å². The van der Waals surface area contributed by atoms with Gasteiger partial charge in [-0.25, -0.2) is 9.59 Å². The summed E-state index contributed by atoms with van der Waals surface area (Å²) < 4.78 is 23.2. The highest BCUT2D eigenvalue weighted by Crippen LogP contribution is 2.32. The number of alkyl carbamates (subject to hydrolysis) is 1. The maximum atomic E-state index is 13.6. The third-order valence-corrected chi connectivity index (χ3v) is 12.8. The summed E-state index contributed by atoms with van der Waals surface area (Å²) >= 11 is 0. The normalized spacial score (nSPS) is 17.6. The second kappa shape index (κ2) is 23.2. The first kappa shape index (κ1) is 48.3. The van der Waals surface area contributed by atoms with E-state index < -0.39 is 36.2 Å². The van der Waals surface area contributed by atoms with Crippen LogP contribution in [-0.4, -0.2) is 96.7 Å². The van der Waals surface area contributed by atoms with E-state index in [2.05, 4.69) is 25.8 Å². The number of nitrogens with one attached hydrogen (secondary N) is 4. The molecule has 4 atom stereocenters. The summed E-state index contributed by atoms with van der Waals surface area (Å²) in [6, 6.07) is 36.2. The number of phenols is 1. The molecule has 3 fully saturated rings. The van der Waals surface area contributed by atoms with Crippen LogP contribution in [0, 0.1) is 5.92 Å². The Morgan fingerprint density at radius 2 is 1.57 bits per heavy atom. The van der Waals surface area contributed by atoms with E-state index in [1.165, 1.54) is 12.1 Å². The van der Waals surface area contributed by atoms with Crippen molar-refractivity contribution in [2.45, 2.75) is 63.0 Å². The van der Waals surface area contributed by atoms with Gasteiger partial charge in [-0.1, -0.05) is 72.8 Å². The number of amides is 2. The van der Waals surface area contributed by atoms with Crippen molar-refractivity contribution in [1.29, 1.82) is 0 Å². The molecule has 6 N–H and O–H groups in total. The number of carbonyl (C=O) groups excluding carboxylic acids is 3. The summed E-state index contributed by atoms with van der Waals surface area (Å²) in [5.74, 6) is 0.587. The Balaban J connectivity index is 0.829. The van der Waals surface area contributed by atoms with Crippen molar-refractivity contribution in [3.63, 3.8) is 0 Å². The van der Waals surface area contributed by atoms with Gasteiger partial charge in [0.1, 0.15) is 36.0 Å². The molecule has 4 heterocycles. The maximum absolute atomic E-state index is 13.6. The first-order valence-corrected chi connectivity index (χ1v) is 23.5. The number of hydrogen-bond donors (Lipinski definition) is 6. The summed E-state index contributed by atoms with van der Waals surface area (Å²) in [6.45, 7) is 4.00. The van der Waals surface area contributed by atoms with Crippen LogP contribution in [0.5, 0.6) is 17.2 Å². The lowest BCUT2D eigenvalue weighted by atomic mass is 9.86. The summed E-state index contributed by atoms with van der Waals surface area (Å²) in [5, 5.41) is 30.8. The highest BCUT2D eigenvalue weighted by molar-refractivity contribution is 5.97. The number of rotatable bonds is 21. The summed E-state index contributed by atoms with van der Waals surface area (Å²) in [6.07, 6.45) is 2.02. The lowest BCUT2D eigenvalue weighted by molar-refractivity contribution is -0.146. The van der Waals surface area contributed by atoms with Gasteiger partial charge in [0.05, 0.1) is 31.4 Å². The molecule has 2 bridgehead atoms. The summed E-state index contributed by atoms with van der Waals surface area (Å²) in [7, 11) is 1.57. The number of fused-ring (bicyclic) bond motifs is 4. The van der Waals surface area contributed by atoms with Crippen molar-refractivity contribution in [1.82, 2.24) is 25.8 Å². The number of aromatic hydroxyl groups is 1. The Kier molecular flexibility index (Phi) is 16.2. The van der Waals surface area contributed by atoms with E-state index in [-0.39, 0.29) is 49.1 Å². The van der Waals surface area contributed by atoms with Crippen molar-refractivity contribution in [2.75, 3.05) is 46.4 Å². The van der Waals surface area contributed by atoms with Crippen molar-refractivity contribution in [3.8, 4) is 17.2 Å². The molecule has 2 amide bonds. The molecule has 0 saturated carbocycles. The molecular weight excluding hydrogens is 879 g/mol. The fourth-order valence-electron chi connectivity index (χ4n) is 9.00. The minimum atomic E-state index is -0.971. The monoisotopic (exact) mass is 937 g/mol. The standard InChI is InChI=1S/C54H59N5O10/c1-66-41-18-14-35(15-19-41)30-45(53(64)67-29-6-5-26-55-32-47(61)43-20-22-46(60)51-44(43)21-23-49(62)57-51)56-52(63)39-16-12-36(13-17-39)34-68-42-11-7-10-40(31-42)50(38-8-3-2-4-9-38)58-54(65)69-48-33-59-27-24-37(48)25-28-59/h2-4,7-23,31,37,45,47-48,50,55,60-61H,5-6,24-30,32-34H2,1H3,(H,56,63)(H,57,62)(H,58,65)/t45-,47-,48-,50-/m0/s1. The number of phenolic OH excluding ortho intramolecular Hbond substituents is 1. The number of H-pyrrole nitrogens is 1. The number of aliphatic hydroxyl groups is 1. The van der Waals surface area contributed by atoms with Crippen LogP contribution in [0.15, 0.2) is 132 Å². The molecule has 3 aliphatic rings. The first-order chi connectivity index (χ1) is 33.6. The van der Waals surface area contributed by atoms with Crippen LogP contribution in [-0.2, 0) is 27.3 Å². The molecule has 15 heteroatoms. The number of unbranched alkanes of at least 4 members (excludes halogenated alkanes) is 1. The highest BCUT2D eigenvalue weighted by atomic mass is 16.6. The van der Waals surface area contributed by atoms with E-state index in [4.69, 9.17) is 18.9 Å². The summed E-state index contributed by atoms with van der Waals surface area (Å²) in [5.41, 5.74) is 4.22. The number of ether oxygens (including phenoxy) is 4. The Hall–Kier alpha value is -7.20. The molecule has 3 saturated heterocycles. The topological polar surface area (TPSA) is 201 Å². The molecule has 5 aromatic carbocycles. The van der Waals surface area contributed by atoms with Gasteiger partial charge in [0.2, 0.25) is 5.56 Å². The fraction of sp³-hybridized carbons (Fsp3) is 0.333. The van der Waals surface area contributed by atoms with Crippen molar-refractivity contribution < 1.29 is 43.5 Å². The average molecular weight is 938 g/mol. The highest BCUT2D eigenvalue weighted by Gasteiger charge is 2.37. The number of aliphatic hydroxyl groups excluding tert-OH is 1. The third kappa shape index (κ3) is 12.9. The molecule has 6 aromatic rings. The Bertz CT molecular complexity index is 2720. The van der Waals surface area contributed by atoms with Crippen LogP contribution in [0.25, 0.3) is 10.9 Å². The molecule has 15 nitrogen and oxygen atoms in total. The Morgan fingerprint density at radius 3 is 2.30 bits per heavy atom. The predicted octanol–water partition coefficient (Wildman–Crippen LogP) is 6.72. The van der Waals surface area contributed by atoms with Crippen LogP contribution in [0.1, 0.15) is 76.0 Å². The van der Waals surface area contributed by atoms with Gasteiger partial charge in [-0.05, 0) is 128 Å². The minimum Gasteiger partial charge on any atom is -0.506 e. The second-order valence-corrected chi connectivity index (χ2v) is 17.6. The maximum Gasteiger partial charge on any atom is 0.408 e. The molecule has 69 heavy (non-hydrogen) atoms. The molecule has 0 aliphatic carbocycles. The zero-order chi connectivity index (χ0) is 48.1. The number of benzene rings is 5. The van der Waals surface area contributed by atoms with E-state index in [0.29, 0.717) is 53.3 Å². The molecular formula is C54H59N5O10. The number of hydrogen-bond acceptors (Lipinski definition) is 12. The predicted molar refractivity (Wildman–Crippen MR) is 260 cm³/mol. The average Bonchev–Trinajstić information content (AvgIpc) is 3.38. The van der Waals surface area contributed by atoms with Crippen molar-refractivity contribution in [2.24, 2.45) is 5.92 Å². The van der Waals surface area contributed by atoms with Gasteiger partial charge >= 0.3 is 12.1 Å². The van der Waals surface area contributed by atoms with Crippen molar-refractivity contribution >= 4 is 28.9 Å². The Labute approximate surface area is 400 Å². The molecule has 0 radical (unpaired) electrons. The third-order valence-electron chi connectivity index (χ3n) is 12.8. The Morgan fingerprint density at radius 1 is 0.812 bits per heavy atom. The van der Waals surface area contributed by atoms with Gasteiger partial charge < -0.3 is 50.1 Å². The zero-order valence-electron chi connectivity index (χ0n) is 38.6. The van der Waals surface area contributed by atoms with Gasteiger partial charge in [-0.2, -0.15) is 0 Å². The van der Waals surface area contributed by atoms with Gasteiger partial charge in [-0.15, -0.1) is 0 Å². The number of nitrogens with zero attached hydrogens (tertiary/aromatic N) is 1. The number of pyridine rings is 1. The quantitative estimate of drug-likeness (QED) is 0.0330. The smallest absolute Gasteiger partial charge is 0.408 e. The fourth-order valence-corrected chi connectivity index (χ4v) is 9.00. The number of aromatic nitrogens is 1. The van der Waals surface area contributed by atoms with Gasteiger partial charge in [0.15, 0.2) is 0 Å². The lowest BCUT2D eigenvalue weighted by Gasteiger charge is -2.43. The molecule has 360 valence electrons. The minimum absolute atomic E-state index is 0.0777. The molecule has 0 unspecified atom stereocenters. The number of methoxy groups -OCH3 is 1. The number of aromatic amines is 1. The van der Waals surface area contributed by atoms with Crippen LogP contribution >= 0.6 is 0 Å². The van der Waals surface area contributed by atoms with Crippen LogP contribution in [0.3, 0.4) is 0 Å². The zero-order valence-corrected chi connectivity index (χ0v) is 38.6. The summed E-state index contributed by atoms with van der Waals surface area (Å²) in [4.78, 5) is 57.2. The molecule has 9 rings (SSSR count). The largest absolute Gasteiger partial charge is 0.506 e. The van der Waals surface area contributed by atoms with Crippen LogP contribution < -0.4 is 31.0 Å². The second-order valence-electron chi connectivity index (χ2n) is 17.6. The van der Waals surface area contributed by atoms with Crippen molar-refractivity contribution in [3.05, 3.63) is 171 Å². The van der Waals surface area contributed by atoms with E-state index >= 15 is 0 Å². The number of carbonyl (C=O) groups is 3. The molecule has 0 spiro atoms. The van der Waals surface area contributed by atoms with E-state index in [9.17, 15) is 29.4 Å². The van der Waals surface area contributed by atoms with E-state index in [1.807, 2.05) is 66.7 Å². The van der Waals surface area contributed by atoms with Gasteiger partial charge in [-0.3, -0.25) is 14.5 Å². The first-order valence-electron chi connectivity index (χ1n) is 23.5.